The third-order valence-electron chi connectivity index (χ3n) is 17.1. The minimum atomic E-state index is -1.79. The van der Waals surface area contributed by atoms with Gasteiger partial charge in [0.15, 0.2) is 12.4 Å². The molecule has 56 heavy (non-hydrogen) atoms. The Kier molecular flexibility index (Phi) is 11.0. The average Bonchev–Trinajstić information content (AvgIpc) is 3.15. The van der Waals surface area contributed by atoms with Crippen LogP contribution in [0, 0.1) is 50.2 Å². The molecule has 0 amide bonds. The molecule has 7 aliphatic rings. The Balaban J connectivity index is 1.24. The third-order valence-corrected chi connectivity index (χ3v) is 17.1. The fraction of sp³-hybridized carbons (Fsp3) is 0.927. The van der Waals surface area contributed by atoms with Crippen molar-refractivity contribution >= 4 is 5.97 Å². The molecule has 0 aromatic carbocycles. The van der Waals surface area contributed by atoms with Crippen molar-refractivity contribution in [1.29, 1.82) is 0 Å². The Hall–Kier alpha value is -1.31. The van der Waals surface area contributed by atoms with Gasteiger partial charge in [0.05, 0.1) is 43.5 Å². The summed E-state index contributed by atoms with van der Waals surface area (Å²) in [7, 11) is 0. The molecule has 0 bridgehead atoms. The van der Waals surface area contributed by atoms with Gasteiger partial charge in [-0.25, -0.2) is 0 Å². The van der Waals surface area contributed by atoms with Crippen LogP contribution in [0.1, 0.15) is 92.9 Å². The van der Waals surface area contributed by atoms with Crippen molar-refractivity contribution in [2.45, 2.75) is 167 Å². The van der Waals surface area contributed by atoms with E-state index in [4.69, 9.17) is 18.9 Å². The van der Waals surface area contributed by atoms with Crippen molar-refractivity contribution in [3.8, 4) is 0 Å². The molecule has 10 N–H and O–H groups in total. The van der Waals surface area contributed by atoms with Gasteiger partial charge in [0.2, 0.25) is 6.29 Å². The summed E-state index contributed by atoms with van der Waals surface area (Å²) in [6, 6.07) is 0. The summed E-state index contributed by atoms with van der Waals surface area (Å²) in [5.41, 5.74) is -2.95. The lowest BCUT2D eigenvalue weighted by molar-refractivity contribution is -0.352. The Morgan fingerprint density at radius 3 is 2.12 bits per heavy atom. The summed E-state index contributed by atoms with van der Waals surface area (Å²) >= 11 is 0. The molecule has 15 heteroatoms. The SMILES string of the molecule is CC1(C)CC[C@]2(C(=O)O[C@@H]3O[C@H](CO)[C@@H](O)[C@H](O)[C@H]3O[C@@H]3OC[C@@H](O)[C@H](O)[C@H]3O)CC[C@]3(C)C(=CC[C@@H]4[C@@]5(C)C[C@@H](O)[C@H](O)[C@@](C)(CO)[C@@H]5CC[C@]43C)[C@@H]2[C@@H]1O. The molecule has 6 fully saturated rings. The van der Waals surface area contributed by atoms with Crippen LogP contribution in [-0.4, -0.2) is 150 Å². The van der Waals surface area contributed by atoms with Gasteiger partial charge in [-0.15, -0.1) is 0 Å². The Labute approximate surface area is 328 Å². The van der Waals surface area contributed by atoms with Gasteiger partial charge in [-0.2, -0.15) is 0 Å². The maximum Gasteiger partial charge on any atom is 0.315 e. The number of carbonyl (C=O) groups is 1. The van der Waals surface area contributed by atoms with E-state index in [9.17, 15) is 55.9 Å². The molecule has 2 aliphatic heterocycles. The van der Waals surface area contributed by atoms with E-state index >= 15 is 0 Å². The third kappa shape index (κ3) is 5.96. The van der Waals surface area contributed by atoms with Gasteiger partial charge >= 0.3 is 5.97 Å². The number of esters is 1. The first-order chi connectivity index (χ1) is 26.1. The van der Waals surface area contributed by atoms with E-state index < -0.39 is 126 Å². The van der Waals surface area contributed by atoms with Gasteiger partial charge < -0.3 is 70.0 Å². The van der Waals surface area contributed by atoms with Crippen LogP contribution in [0.25, 0.3) is 0 Å². The first-order valence-electron chi connectivity index (χ1n) is 20.6. The van der Waals surface area contributed by atoms with Crippen LogP contribution in [0.15, 0.2) is 11.6 Å². The lowest BCUT2D eigenvalue weighted by Crippen LogP contribution is -2.69. The maximum absolute atomic E-state index is 15.0. The first kappa shape index (κ1) is 42.8. The second-order valence-corrected chi connectivity index (χ2v) is 20.2. The molecule has 5 aliphatic carbocycles. The predicted molar refractivity (Wildman–Crippen MR) is 196 cm³/mol. The van der Waals surface area contributed by atoms with Crippen LogP contribution in [0.3, 0.4) is 0 Å². The summed E-state index contributed by atoms with van der Waals surface area (Å²) in [4.78, 5) is 15.0. The molecule has 7 rings (SSSR count). The molecule has 0 unspecified atom stereocenters. The zero-order valence-corrected chi connectivity index (χ0v) is 33.5. The number of aliphatic hydroxyl groups is 10. The smallest absolute Gasteiger partial charge is 0.315 e. The zero-order chi connectivity index (χ0) is 41.1. The molecule has 0 aromatic heterocycles. The summed E-state index contributed by atoms with van der Waals surface area (Å²) in [6.45, 7) is 11.2. The van der Waals surface area contributed by atoms with Gasteiger partial charge in [0, 0.05) is 11.3 Å². The van der Waals surface area contributed by atoms with Crippen LogP contribution < -0.4 is 0 Å². The fourth-order valence-electron chi connectivity index (χ4n) is 13.3. The highest BCUT2D eigenvalue weighted by Crippen LogP contribution is 2.76. The van der Waals surface area contributed by atoms with E-state index in [2.05, 4.69) is 26.8 Å². The Morgan fingerprint density at radius 2 is 1.46 bits per heavy atom. The zero-order valence-electron chi connectivity index (χ0n) is 33.5. The van der Waals surface area contributed by atoms with E-state index in [0.29, 0.717) is 38.5 Å². The van der Waals surface area contributed by atoms with E-state index in [1.807, 2.05) is 20.8 Å². The standard InChI is InChI=1S/C41H66O15/c1-36(2)11-13-41(35(52)56-34-30(28(48)27(47)22(16-42)54-34)55-33-29(49)26(46)21(45)17-53-33)14-12-39(5)19(25(41)32(36)51)7-8-24-37(3)15-20(44)31(50)38(4,18-43)23(37)9-10-40(24,39)6/h7,20-34,42-51H,8-18H2,1-6H3/t20-,21-,22-,23-,24-,25-,26+,27-,28+,29-,30-,31+,32+,33+,34+,37+,38+,39-,40-,41+/m1/s1. The molecule has 15 nitrogen and oxygen atoms in total. The molecular weight excluding hydrogens is 732 g/mol. The van der Waals surface area contributed by atoms with E-state index in [1.165, 1.54) is 0 Å². The quantitative estimate of drug-likeness (QED) is 0.124. The van der Waals surface area contributed by atoms with Crippen molar-refractivity contribution in [3.05, 3.63) is 11.6 Å². The number of ether oxygens (including phenoxy) is 4. The largest absolute Gasteiger partial charge is 0.432 e. The van der Waals surface area contributed by atoms with Crippen LogP contribution in [0.2, 0.25) is 0 Å². The molecule has 20 atom stereocenters. The van der Waals surface area contributed by atoms with Crippen LogP contribution in [0.4, 0.5) is 0 Å². The molecule has 0 radical (unpaired) electrons. The lowest BCUT2D eigenvalue weighted by Gasteiger charge is -2.71. The van der Waals surface area contributed by atoms with E-state index in [-0.39, 0.29) is 23.9 Å². The number of carbonyl (C=O) groups excluding carboxylic acids is 1. The fourth-order valence-corrected chi connectivity index (χ4v) is 13.3. The summed E-state index contributed by atoms with van der Waals surface area (Å²) in [5, 5.41) is 108. The number of hydrogen-bond acceptors (Lipinski definition) is 15. The van der Waals surface area contributed by atoms with Crippen molar-refractivity contribution < 1.29 is 74.8 Å². The van der Waals surface area contributed by atoms with Gasteiger partial charge in [-0.1, -0.05) is 53.2 Å². The minimum Gasteiger partial charge on any atom is -0.432 e. The van der Waals surface area contributed by atoms with Gasteiger partial charge in [-0.3, -0.25) is 4.79 Å². The number of allylic oxidation sites excluding steroid dienone is 1. The first-order valence-corrected chi connectivity index (χ1v) is 20.6. The normalized spacial score (nSPS) is 55.4. The highest BCUT2D eigenvalue weighted by molar-refractivity contribution is 5.79. The number of fused-ring (bicyclic) bond motifs is 7. The molecule has 0 aromatic rings. The van der Waals surface area contributed by atoms with Crippen molar-refractivity contribution in [2.24, 2.45) is 50.2 Å². The van der Waals surface area contributed by atoms with Gasteiger partial charge in [-0.05, 0) is 84.9 Å². The number of aliphatic hydroxyl groups excluding tert-OH is 10. The van der Waals surface area contributed by atoms with Crippen molar-refractivity contribution in [2.75, 3.05) is 19.8 Å². The van der Waals surface area contributed by atoms with Crippen molar-refractivity contribution in [1.82, 2.24) is 0 Å². The highest BCUT2D eigenvalue weighted by atomic mass is 16.8. The van der Waals surface area contributed by atoms with Gasteiger partial charge in [0.1, 0.15) is 36.6 Å². The molecule has 4 saturated carbocycles. The molecule has 320 valence electrons. The second kappa shape index (κ2) is 14.4. The van der Waals surface area contributed by atoms with E-state index in [0.717, 1.165) is 18.4 Å². The van der Waals surface area contributed by atoms with Gasteiger partial charge in [0.25, 0.3) is 0 Å². The van der Waals surface area contributed by atoms with Crippen LogP contribution in [0.5, 0.6) is 0 Å². The summed E-state index contributed by atoms with van der Waals surface area (Å²) in [6.07, 6.45) is -11.1. The second-order valence-electron chi connectivity index (χ2n) is 20.2. The van der Waals surface area contributed by atoms with Crippen molar-refractivity contribution in [3.63, 3.8) is 0 Å². The lowest BCUT2D eigenvalue weighted by atomic mass is 9.33. The number of hydrogen-bond donors (Lipinski definition) is 10. The summed E-state index contributed by atoms with van der Waals surface area (Å²) < 4.78 is 23.3. The summed E-state index contributed by atoms with van der Waals surface area (Å²) in [5.74, 6) is -1.35. The van der Waals surface area contributed by atoms with E-state index in [1.54, 1.807) is 0 Å². The topological polar surface area (TPSA) is 256 Å². The molecule has 0 spiro atoms. The van der Waals surface area contributed by atoms with Crippen LogP contribution in [-0.2, 0) is 23.7 Å². The Morgan fingerprint density at radius 1 is 0.786 bits per heavy atom. The highest BCUT2D eigenvalue weighted by Gasteiger charge is 2.72. The molecule has 2 saturated heterocycles. The molecular formula is C41H66O15. The minimum absolute atomic E-state index is 0.0392. The average molecular weight is 799 g/mol. The monoisotopic (exact) mass is 798 g/mol. The predicted octanol–water partition coefficient (Wildman–Crippen LogP) is -0.131. The Bertz CT molecular complexity index is 1520. The number of rotatable bonds is 6. The molecule has 2 heterocycles. The van der Waals surface area contributed by atoms with Crippen LogP contribution >= 0.6 is 0 Å². The maximum atomic E-state index is 15.0.